The summed E-state index contributed by atoms with van der Waals surface area (Å²) in [5, 5.41) is 0. The Morgan fingerprint density at radius 1 is 1.03 bits per heavy atom. The minimum Gasteiger partial charge on any atom is -0.335 e. The van der Waals surface area contributed by atoms with Gasteiger partial charge in [0.15, 0.2) is 0 Å². The van der Waals surface area contributed by atoms with E-state index in [2.05, 4.69) is 9.97 Å². The van der Waals surface area contributed by atoms with Crippen molar-refractivity contribution in [1.29, 1.82) is 0 Å². The third-order valence-electron chi connectivity index (χ3n) is 5.58. The summed E-state index contributed by atoms with van der Waals surface area (Å²) in [7, 11) is 0.500. The minimum atomic E-state index is -4.84. The van der Waals surface area contributed by atoms with Gasteiger partial charge in [0.2, 0.25) is 23.6 Å². The third kappa shape index (κ3) is 6.42. The number of aromatic nitrogens is 3. The Bertz CT molecular complexity index is 1260. The molecular formula is C23H21F8N5O. The number of pyridine rings is 1. The predicted molar refractivity (Wildman–Crippen MR) is 115 cm³/mol. The summed E-state index contributed by atoms with van der Waals surface area (Å²) in [6.07, 6.45) is -5.17. The van der Waals surface area contributed by atoms with E-state index in [1.807, 2.05) is 0 Å². The van der Waals surface area contributed by atoms with E-state index in [4.69, 9.17) is 5.73 Å². The van der Waals surface area contributed by atoms with Crippen LogP contribution in [0.2, 0.25) is 0 Å². The third-order valence-corrected chi connectivity index (χ3v) is 5.58. The lowest BCUT2D eigenvalue weighted by atomic mass is 10.0. The van der Waals surface area contributed by atoms with Gasteiger partial charge in [-0.15, -0.1) is 0 Å². The Hall–Kier alpha value is -3.55. The van der Waals surface area contributed by atoms with E-state index in [9.17, 15) is 39.9 Å². The van der Waals surface area contributed by atoms with Crippen LogP contribution in [0.25, 0.3) is 11.3 Å². The Kier molecular flexibility index (Phi) is 8.51. The normalized spacial score (nSPS) is 14.1. The van der Waals surface area contributed by atoms with Gasteiger partial charge in [0.25, 0.3) is 0 Å². The molecule has 2 aromatic heterocycles. The smallest absolute Gasteiger partial charge is 0.335 e. The van der Waals surface area contributed by atoms with Crippen molar-refractivity contribution in [3.63, 3.8) is 0 Å². The average molecular weight is 535 g/mol. The van der Waals surface area contributed by atoms with Crippen molar-refractivity contribution in [3.05, 3.63) is 70.9 Å². The van der Waals surface area contributed by atoms with E-state index in [0.29, 0.717) is 13.2 Å². The molecule has 0 spiro atoms. The maximum atomic E-state index is 13.9. The van der Waals surface area contributed by atoms with Crippen LogP contribution in [0.5, 0.6) is 0 Å². The zero-order valence-electron chi connectivity index (χ0n) is 19.3. The predicted octanol–water partition coefficient (Wildman–Crippen LogP) is 4.41. The number of amides is 1. The highest BCUT2D eigenvalue weighted by atomic mass is 19.4. The van der Waals surface area contributed by atoms with Gasteiger partial charge in [0.05, 0.1) is 25.1 Å². The van der Waals surface area contributed by atoms with Gasteiger partial charge >= 0.3 is 6.18 Å². The van der Waals surface area contributed by atoms with E-state index < -0.39 is 47.5 Å². The van der Waals surface area contributed by atoms with Gasteiger partial charge in [0, 0.05) is 49.3 Å². The van der Waals surface area contributed by atoms with Crippen molar-refractivity contribution in [2.24, 2.45) is 5.73 Å². The van der Waals surface area contributed by atoms with Crippen LogP contribution in [0.1, 0.15) is 23.5 Å². The second-order valence-electron chi connectivity index (χ2n) is 8.10. The molecule has 6 nitrogen and oxygen atoms in total. The number of benzene rings is 1. The Morgan fingerprint density at radius 2 is 1.68 bits per heavy atom. The molecule has 0 saturated heterocycles. The fourth-order valence-corrected chi connectivity index (χ4v) is 4.03. The van der Waals surface area contributed by atoms with E-state index in [-0.39, 0.29) is 55.0 Å². The van der Waals surface area contributed by atoms with Crippen LogP contribution >= 0.6 is 0 Å². The van der Waals surface area contributed by atoms with Crippen molar-refractivity contribution in [2.45, 2.75) is 38.1 Å². The molecule has 0 radical (unpaired) electrons. The van der Waals surface area contributed by atoms with Crippen LogP contribution in [0.4, 0.5) is 35.1 Å². The topological polar surface area (TPSA) is 77.0 Å². The number of hydrogen-bond donors (Lipinski definition) is 1. The number of imidazole rings is 1. The van der Waals surface area contributed by atoms with Crippen molar-refractivity contribution in [3.8, 4) is 11.3 Å². The number of hydrogen-bond acceptors (Lipinski definition) is 4. The summed E-state index contributed by atoms with van der Waals surface area (Å²) in [5.41, 5.74) is 5.44. The molecule has 0 saturated carbocycles. The maximum Gasteiger partial charge on any atom is 0.449 e. The Labute approximate surface area is 205 Å². The molecule has 4 rings (SSSR count). The SMILES string of the molecule is CF.NC(CC(=O)N1CCn2c(C(F)(F)F)nc(-c3cc(F)nc(F)c3)c2C1)Cc1ccc(F)cc1F. The highest BCUT2D eigenvalue weighted by molar-refractivity contribution is 5.77. The number of halogens is 8. The van der Waals surface area contributed by atoms with Gasteiger partial charge in [-0.3, -0.25) is 9.18 Å². The van der Waals surface area contributed by atoms with Crippen LogP contribution in [0.15, 0.2) is 30.3 Å². The maximum absolute atomic E-state index is 13.9. The minimum absolute atomic E-state index is 0.0555. The largest absolute Gasteiger partial charge is 0.449 e. The van der Waals surface area contributed by atoms with Crippen LogP contribution in [0.3, 0.4) is 0 Å². The first-order chi connectivity index (χ1) is 17.4. The van der Waals surface area contributed by atoms with Gasteiger partial charge in [0.1, 0.15) is 11.6 Å². The molecular weight excluding hydrogens is 514 g/mol. The monoisotopic (exact) mass is 535 g/mol. The van der Waals surface area contributed by atoms with Crippen molar-refractivity contribution in [2.75, 3.05) is 13.7 Å². The van der Waals surface area contributed by atoms with Crippen LogP contribution < -0.4 is 5.73 Å². The lowest BCUT2D eigenvalue weighted by Crippen LogP contribution is -2.42. The molecule has 37 heavy (non-hydrogen) atoms. The number of nitrogens with zero attached hydrogens (tertiary/aromatic N) is 4. The summed E-state index contributed by atoms with van der Waals surface area (Å²) in [5.74, 6) is -5.81. The summed E-state index contributed by atoms with van der Waals surface area (Å²) in [4.78, 5) is 20.6. The Balaban J connectivity index is 0.00000186. The quantitative estimate of drug-likeness (QED) is 0.388. The first kappa shape index (κ1) is 28.0. The highest BCUT2D eigenvalue weighted by Gasteiger charge is 2.41. The molecule has 1 amide bonds. The second kappa shape index (κ2) is 11.2. The molecule has 0 bridgehead atoms. The average Bonchev–Trinajstić information content (AvgIpc) is 3.21. The second-order valence-corrected chi connectivity index (χ2v) is 8.10. The van der Waals surface area contributed by atoms with Crippen molar-refractivity contribution < 1.29 is 39.9 Å². The molecule has 1 unspecified atom stereocenters. The summed E-state index contributed by atoms with van der Waals surface area (Å²) >= 11 is 0. The first-order valence-electron chi connectivity index (χ1n) is 10.8. The van der Waals surface area contributed by atoms with E-state index in [0.717, 1.165) is 22.8 Å². The highest BCUT2D eigenvalue weighted by Crippen LogP contribution is 2.36. The van der Waals surface area contributed by atoms with Gasteiger partial charge in [-0.25, -0.2) is 13.8 Å². The molecule has 1 aliphatic rings. The summed E-state index contributed by atoms with van der Waals surface area (Å²) in [6.45, 7) is -0.678. The number of fused-ring (bicyclic) bond motifs is 1. The van der Waals surface area contributed by atoms with Gasteiger partial charge in [-0.05, 0) is 18.1 Å². The van der Waals surface area contributed by atoms with Crippen LogP contribution in [-0.2, 0) is 30.5 Å². The van der Waals surface area contributed by atoms with Crippen LogP contribution in [0, 0.1) is 23.5 Å². The molecule has 0 fully saturated rings. The summed E-state index contributed by atoms with van der Waals surface area (Å²) in [6, 6.07) is 3.62. The fraction of sp³-hybridized carbons (Fsp3) is 0.348. The molecule has 3 heterocycles. The fourth-order valence-electron chi connectivity index (χ4n) is 4.03. The number of rotatable bonds is 5. The molecule has 1 aromatic carbocycles. The van der Waals surface area contributed by atoms with Gasteiger partial charge < -0.3 is 15.2 Å². The lowest BCUT2D eigenvalue weighted by molar-refractivity contribution is -0.148. The van der Waals surface area contributed by atoms with E-state index >= 15 is 0 Å². The molecule has 14 heteroatoms. The number of carbonyl (C=O) groups is 1. The molecule has 1 atom stereocenters. The van der Waals surface area contributed by atoms with E-state index in [1.54, 1.807) is 0 Å². The molecule has 2 N–H and O–H groups in total. The number of alkyl halides is 4. The molecule has 3 aromatic rings. The van der Waals surface area contributed by atoms with Crippen LogP contribution in [-0.4, -0.2) is 45.1 Å². The zero-order valence-corrected chi connectivity index (χ0v) is 19.3. The molecule has 200 valence electrons. The Morgan fingerprint density at radius 3 is 2.27 bits per heavy atom. The van der Waals surface area contributed by atoms with E-state index in [1.165, 1.54) is 11.0 Å². The van der Waals surface area contributed by atoms with Crippen molar-refractivity contribution >= 4 is 5.91 Å². The van der Waals surface area contributed by atoms with Gasteiger partial charge in [-0.2, -0.15) is 26.9 Å². The zero-order chi connectivity index (χ0) is 27.5. The molecule has 1 aliphatic heterocycles. The van der Waals surface area contributed by atoms with Crippen molar-refractivity contribution in [1.82, 2.24) is 19.4 Å². The number of carbonyl (C=O) groups excluding carboxylic acids is 1. The molecule has 0 aliphatic carbocycles. The lowest BCUT2D eigenvalue weighted by Gasteiger charge is -2.30. The number of nitrogens with two attached hydrogens (primary N) is 1. The standard InChI is InChI=1S/C22H18F7N5O.CH3F/c23-13-2-1-11(15(24)8-13)5-14(30)9-19(35)33-3-4-34-16(10-33)20(32-21(34)22(27,28)29)12-6-17(25)31-18(26)7-12;1-2/h1-2,6-8,14H,3-5,9-10,30H2;1H3. The first-order valence-corrected chi connectivity index (χ1v) is 10.8. The van der Waals surface area contributed by atoms with Gasteiger partial charge in [-0.1, -0.05) is 6.07 Å². The summed E-state index contributed by atoms with van der Waals surface area (Å²) < 4.78 is 105.